The van der Waals surface area contributed by atoms with Gasteiger partial charge < -0.3 is 5.11 Å². The molecule has 6 rings (SSSR count). The Morgan fingerprint density at radius 2 is 1.20 bits per heavy atom. The molecule has 3 nitrogen and oxygen atoms in total. The first-order valence-corrected chi connectivity index (χ1v) is 24.8. The molecule has 0 bridgehead atoms. The van der Waals surface area contributed by atoms with E-state index < -0.39 is 0 Å². The van der Waals surface area contributed by atoms with Gasteiger partial charge >= 0.3 is 0 Å². The van der Waals surface area contributed by atoms with Crippen molar-refractivity contribution in [1.29, 1.82) is 0 Å². The molecule has 4 aromatic carbocycles. The van der Waals surface area contributed by atoms with Gasteiger partial charge in [0.2, 0.25) is 0 Å². The van der Waals surface area contributed by atoms with Crippen molar-refractivity contribution in [2.24, 2.45) is 35.5 Å². The molecule has 0 saturated carbocycles. The van der Waals surface area contributed by atoms with E-state index in [1.54, 1.807) is 0 Å². The molecule has 351 valence electrons. The van der Waals surface area contributed by atoms with Gasteiger partial charge in [0.1, 0.15) is 0 Å². The Morgan fingerprint density at radius 1 is 0.677 bits per heavy atom. The molecule has 1 N–H and O–H groups in total. The van der Waals surface area contributed by atoms with Crippen LogP contribution in [0.3, 0.4) is 0 Å². The van der Waals surface area contributed by atoms with Crippen molar-refractivity contribution in [3.63, 3.8) is 0 Å². The fourth-order valence-electron chi connectivity index (χ4n) is 9.89. The van der Waals surface area contributed by atoms with Crippen LogP contribution in [0.1, 0.15) is 163 Å². The second kappa shape index (κ2) is 22.3. The van der Waals surface area contributed by atoms with Crippen LogP contribution < -0.4 is 0 Å². The number of allylic oxidation sites excluding steroid dienone is 2. The maximum atomic E-state index is 12.3. The molecular weight excluding hydrogens is 991 g/mol. The second-order valence-corrected chi connectivity index (χ2v) is 22.6. The predicted octanol–water partition coefficient (Wildman–Crippen LogP) is 18.1. The normalized spacial score (nSPS) is 12.6. The Bertz CT molecular complexity index is 2530. The second-order valence-electron chi connectivity index (χ2n) is 21.6. The van der Waals surface area contributed by atoms with Gasteiger partial charge in [0.15, 0.2) is 5.78 Å². The van der Waals surface area contributed by atoms with Gasteiger partial charge in [0.25, 0.3) is 0 Å². The number of hydrogen-bond acceptors (Lipinski definition) is 4. The van der Waals surface area contributed by atoms with Gasteiger partial charge in [0, 0.05) is 59.5 Å². The molecule has 0 aliphatic rings. The molecule has 0 spiro atoms. The maximum Gasteiger partial charge on any atom is 0.162 e. The van der Waals surface area contributed by atoms with Crippen LogP contribution in [0.4, 0.5) is 0 Å². The Morgan fingerprint density at radius 3 is 1.69 bits per heavy atom. The van der Waals surface area contributed by atoms with Crippen molar-refractivity contribution in [2.75, 3.05) is 0 Å². The average molecular weight is 1070 g/mol. The van der Waals surface area contributed by atoms with E-state index in [0.29, 0.717) is 41.4 Å². The van der Waals surface area contributed by atoms with E-state index >= 15 is 0 Å². The molecule has 0 unspecified atom stereocenters. The standard InChI is InChI=1S/C43H46NS.C17H32O2.Ir/c1-25(2)32-22-36(26(3)4)39(37(23-32)27(5)6)29-15-17-30(18-16-29)41-28(7)34-19-20-44-40(42(34)45-41)33-21-31-13-11-12-14-35(31)38(24-33)43(8,9)10;1-10(2)16(11(3)4)14(18)9-15(19)17(12(5)6)13(7)8;/h11-20,22-27H,1-10H3;9-13,16-18H,1-8H3;/q-1;;/b;14-9-;. The Labute approximate surface area is 411 Å². The van der Waals surface area contributed by atoms with Crippen molar-refractivity contribution >= 4 is 38.0 Å². The summed E-state index contributed by atoms with van der Waals surface area (Å²) in [4.78, 5) is 18.6. The number of carbonyl (C=O) groups excluding carboxylic acids is 1. The van der Waals surface area contributed by atoms with Crippen LogP contribution >= 0.6 is 11.3 Å². The number of pyridine rings is 1. The average Bonchev–Trinajstić information content (AvgIpc) is 3.55. The summed E-state index contributed by atoms with van der Waals surface area (Å²) in [6, 6.07) is 31.1. The molecule has 2 aromatic heterocycles. The van der Waals surface area contributed by atoms with E-state index in [2.05, 4.69) is 203 Å². The van der Waals surface area contributed by atoms with Crippen molar-refractivity contribution in [2.45, 2.75) is 148 Å². The molecule has 0 aliphatic carbocycles. The van der Waals surface area contributed by atoms with Gasteiger partial charge in [-0.1, -0.05) is 183 Å². The Balaban J connectivity index is 0.000000393. The third-order valence-corrected chi connectivity index (χ3v) is 14.5. The Kier molecular flexibility index (Phi) is 18.4. The predicted molar refractivity (Wildman–Crippen MR) is 280 cm³/mol. The van der Waals surface area contributed by atoms with Crippen molar-refractivity contribution < 1.29 is 30.0 Å². The third kappa shape index (κ3) is 12.2. The molecule has 65 heavy (non-hydrogen) atoms. The van der Waals surface area contributed by atoms with Gasteiger partial charge in [-0.15, -0.1) is 40.5 Å². The number of aromatic nitrogens is 1. The van der Waals surface area contributed by atoms with E-state index in [9.17, 15) is 9.90 Å². The van der Waals surface area contributed by atoms with Crippen LogP contribution in [-0.4, -0.2) is 15.9 Å². The van der Waals surface area contributed by atoms with Crippen molar-refractivity contribution in [3.05, 3.63) is 125 Å². The molecule has 0 amide bonds. The van der Waals surface area contributed by atoms with E-state index in [4.69, 9.17) is 4.98 Å². The quantitative estimate of drug-likeness (QED) is 0.0712. The summed E-state index contributed by atoms with van der Waals surface area (Å²) < 4.78 is 1.23. The molecule has 0 fully saturated rings. The number of rotatable bonds is 13. The minimum absolute atomic E-state index is 0. The number of fused-ring (bicyclic) bond motifs is 2. The number of aliphatic hydroxyl groups excluding tert-OH is 1. The summed E-state index contributed by atoms with van der Waals surface area (Å²) in [5, 5.41) is 14.0. The minimum atomic E-state index is -0.0119. The van der Waals surface area contributed by atoms with Crippen molar-refractivity contribution in [3.8, 4) is 32.8 Å². The molecule has 0 atom stereocenters. The number of aryl methyl sites for hydroxylation is 1. The first kappa shape index (κ1) is 53.7. The molecule has 5 heteroatoms. The van der Waals surface area contributed by atoms with Gasteiger partial charge in [0.05, 0.1) is 5.76 Å². The van der Waals surface area contributed by atoms with Crippen LogP contribution in [0, 0.1) is 48.5 Å². The number of nitrogens with zero attached hydrogens (tertiary/aromatic N) is 1. The fraction of sp³-hybridized carbons (Fsp3) is 0.467. The van der Waals surface area contributed by atoms with Crippen LogP contribution in [-0.2, 0) is 30.3 Å². The van der Waals surface area contributed by atoms with Gasteiger partial charge in [-0.25, -0.2) is 0 Å². The van der Waals surface area contributed by atoms with Crippen LogP contribution in [0.15, 0.2) is 90.8 Å². The summed E-state index contributed by atoms with van der Waals surface area (Å²) in [6.45, 7) is 39.6. The zero-order valence-electron chi connectivity index (χ0n) is 42.8. The minimum Gasteiger partial charge on any atom is -0.512 e. The Hall–Kier alpha value is -3.89. The molecule has 6 aromatic rings. The van der Waals surface area contributed by atoms with E-state index in [1.165, 1.54) is 70.9 Å². The molecule has 2 heterocycles. The van der Waals surface area contributed by atoms with Gasteiger partial charge in [-0.05, 0) is 104 Å². The van der Waals surface area contributed by atoms with Crippen molar-refractivity contribution in [1.82, 2.24) is 4.98 Å². The summed E-state index contributed by atoms with van der Waals surface area (Å²) >= 11 is 1.86. The molecule has 0 aliphatic heterocycles. The number of thiophene rings is 1. The smallest absolute Gasteiger partial charge is 0.162 e. The zero-order chi connectivity index (χ0) is 47.5. The molecular formula is C60H78IrNO2S-. The number of aliphatic hydroxyl groups is 1. The fourth-order valence-corrected chi connectivity index (χ4v) is 11.2. The topological polar surface area (TPSA) is 50.2 Å². The number of hydrogen-bond donors (Lipinski definition) is 1. The summed E-state index contributed by atoms with van der Waals surface area (Å²) in [5.74, 6) is 3.05. The first-order valence-electron chi connectivity index (χ1n) is 24.0. The summed E-state index contributed by atoms with van der Waals surface area (Å²) in [5.41, 5.74) is 13.1. The number of ketones is 1. The van der Waals surface area contributed by atoms with Gasteiger partial charge in [-0.3, -0.25) is 9.78 Å². The molecule has 1 radical (unpaired) electrons. The largest absolute Gasteiger partial charge is 0.512 e. The van der Waals surface area contributed by atoms with Crippen LogP contribution in [0.5, 0.6) is 0 Å². The van der Waals surface area contributed by atoms with Crippen LogP contribution in [0.2, 0.25) is 0 Å². The number of benzene rings is 4. The monoisotopic (exact) mass is 1070 g/mol. The van der Waals surface area contributed by atoms with E-state index in [1.807, 2.05) is 17.5 Å². The van der Waals surface area contributed by atoms with E-state index in [0.717, 1.165) is 16.6 Å². The first-order chi connectivity index (χ1) is 29.9. The van der Waals surface area contributed by atoms with Crippen LogP contribution in [0.25, 0.3) is 53.7 Å². The summed E-state index contributed by atoms with van der Waals surface area (Å²) in [7, 11) is 0. The summed E-state index contributed by atoms with van der Waals surface area (Å²) in [6.07, 6.45) is 3.45. The zero-order valence-corrected chi connectivity index (χ0v) is 46.0. The third-order valence-electron chi connectivity index (χ3n) is 13.1. The number of carbonyl (C=O) groups is 1. The van der Waals surface area contributed by atoms with E-state index in [-0.39, 0.29) is 48.9 Å². The molecule has 0 saturated heterocycles. The maximum absolute atomic E-state index is 12.3. The SMILES string of the molecule is CC(C)C(C(=O)/C=C(\O)C(C(C)C)C(C)C)C(C)C.Cc1c(-c2ccc(-c3c(C(C)C)cc(C(C)C)cc3C(C)C)cc2)sc2c(-c3[c-]c4ccccc4c(C(C)(C)C)c3)nccc12.[Ir]. The van der Waals surface area contributed by atoms with Gasteiger partial charge in [-0.2, -0.15) is 0 Å².